The zero-order valence-electron chi connectivity index (χ0n) is 10.2. The lowest BCUT2D eigenvalue weighted by molar-refractivity contribution is -0.131. The standard InChI is InChI=1S/C16H13ClO2/c17-15-6-2-1-5-14(15)13-10-8-12(9-11-13)4-3-7-16(18)19/h1-3,5-11H,4H2,(H,18,19). The molecule has 0 heterocycles. The summed E-state index contributed by atoms with van der Waals surface area (Å²) in [6, 6.07) is 15.6. The lowest BCUT2D eigenvalue weighted by atomic mass is 10.0. The van der Waals surface area contributed by atoms with Crippen LogP contribution in [0.4, 0.5) is 0 Å². The van der Waals surface area contributed by atoms with E-state index in [9.17, 15) is 4.79 Å². The molecule has 2 rings (SSSR count). The van der Waals surface area contributed by atoms with Gasteiger partial charge < -0.3 is 5.11 Å². The van der Waals surface area contributed by atoms with E-state index >= 15 is 0 Å². The highest BCUT2D eigenvalue weighted by Gasteiger charge is 2.01. The number of benzene rings is 2. The first-order valence-corrected chi connectivity index (χ1v) is 6.28. The molecule has 0 saturated heterocycles. The van der Waals surface area contributed by atoms with Gasteiger partial charge in [0.2, 0.25) is 0 Å². The summed E-state index contributed by atoms with van der Waals surface area (Å²) in [5, 5.41) is 9.24. The van der Waals surface area contributed by atoms with E-state index in [-0.39, 0.29) is 0 Å². The fraction of sp³-hybridized carbons (Fsp3) is 0.0625. The first kappa shape index (κ1) is 13.4. The van der Waals surface area contributed by atoms with Crippen molar-refractivity contribution in [1.29, 1.82) is 0 Å². The van der Waals surface area contributed by atoms with Crippen molar-refractivity contribution in [1.82, 2.24) is 0 Å². The fourth-order valence-corrected chi connectivity index (χ4v) is 2.06. The third-order valence-corrected chi connectivity index (χ3v) is 3.08. The molecule has 0 atom stereocenters. The fourth-order valence-electron chi connectivity index (χ4n) is 1.81. The van der Waals surface area contributed by atoms with Gasteiger partial charge in [0.15, 0.2) is 0 Å². The molecule has 0 aromatic heterocycles. The average Bonchev–Trinajstić information content (AvgIpc) is 2.40. The Morgan fingerprint density at radius 1 is 1.11 bits per heavy atom. The Morgan fingerprint density at radius 2 is 1.79 bits per heavy atom. The van der Waals surface area contributed by atoms with Crippen LogP contribution in [0.3, 0.4) is 0 Å². The molecule has 96 valence electrons. The molecule has 2 aromatic carbocycles. The van der Waals surface area contributed by atoms with Crippen molar-refractivity contribution >= 4 is 17.6 Å². The molecular formula is C16H13ClO2. The topological polar surface area (TPSA) is 37.3 Å². The van der Waals surface area contributed by atoms with Crippen LogP contribution < -0.4 is 0 Å². The second kappa shape index (κ2) is 6.21. The van der Waals surface area contributed by atoms with Crippen molar-refractivity contribution in [3.63, 3.8) is 0 Å². The van der Waals surface area contributed by atoms with E-state index in [0.29, 0.717) is 6.42 Å². The quantitative estimate of drug-likeness (QED) is 0.848. The van der Waals surface area contributed by atoms with E-state index in [1.807, 2.05) is 48.5 Å². The largest absolute Gasteiger partial charge is 0.478 e. The summed E-state index contributed by atoms with van der Waals surface area (Å²) in [5.41, 5.74) is 3.11. The molecule has 2 nitrogen and oxygen atoms in total. The number of carboxylic acids is 1. The van der Waals surface area contributed by atoms with E-state index < -0.39 is 5.97 Å². The zero-order valence-corrected chi connectivity index (χ0v) is 11.0. The molecule has 0 radical (unpaired) electrons. The number of rotatable bonds is 4. The van der Waals surface area contributed by atoms with Crippen LogP contribution in [0.2, 0.25) is 5.02 Å². The van der Waals surface area contributed by atoms with Gasteiger partial charge in [-0.25, -0.2) is 4.79 Å². The Bertz CT molecular complexity index is 600. The molecule has 0 aliphatic rings. The van der Waals surface area contributed by atoms with Gasteiger partial charge in [-0.05, 0) is 23.6 Å². The van der Waals surface area contributed by atoms with Crippen molar-refractivity contribution in [2.75, 3.05) is 0 Å². The molecule has 19 heavy (non-hydrogen) atoms. The van der Waals surface area contributed by atoms with Gasteiger partial charge in [0.25, 0.3) is 0 Å². The van der Waals surface area contributed by atoms with Crippen molar-refractivity contribution < 1.29 is 9.90 Å². The molecule has 0 fully saturated rings. The SMILES string of the molecule is O=C(O)C=CCc1ccc(-c2ccccc2Cl)cc1. The number of allylic oxidation sites excluding steroid dienone is 1. The second-order valence-electron chi connectivity index (χ2n) is 4.12. The summed E-state index contributed by atoms with van der Waals surface area (Å²) in [7, 11) is 0. The van der Waals surface area contributed by atoms with Gasteiger partial charge >= 0.3 is 5.97 Å². The summed E-state index contributed by atoms with van der Waals surface area (Å²) in [6.45, 7) is 0. The summed E-state index contributed by atoms with van der Waals surface area (Å²) in [5.74, 6) is -0.923. The Labute approximate surface area is 117 Å². The Morgan fingerprint density at radius 3 is 2.42 bits per heavy atom. The highest BCUT2D eigenvalue weighted by atomic mass is 35.5. The van der Waals surface area contributed by atoms with Crippen LogP contribution in [-0.4, -0.2) is 11.1 Å². The predicted octanol–water partition coefficient (Wildman–Crippen LogP) is 4.19. The molecule has 0 spiro atoms. The van der Waals surface area contributed by atoms with Gasteiger partial charge in [-0.15, -0.1) is 0 Å². The van der Waals surface area contributed by atoms with E-state index in [1.54, 1.807) is 6.08 Å². The van der Waals surface area contributed by atoms with Crippen molar-refractivity contribution in [3.8, 4) is 11.1 Å². The molecule has 0 aliphatic carbocycles. The first-order valence-electron chi connectivity index (χ1n) is 5.90. The van der Waals surface area contributed by atoms with Crippen LogP contribution in [0, 0.1) is 0 Å². The Balaban J connectivity index is 2.15. The van der Waals surface area contributed by atoms with E-state index in [0.717, 1.165) is 27.8 Å². The predicted molar refractivity (Wildman–Crippen MR) is 77.4 cm³/mol. The maximum absolute atomic E-state index is 10.4. The van der Waals surface area contributed by atoms with Crippen LogP contribution in [0.15, 0.2) is 60.7 Å². The van der Waals surface area contributed by atoms with E-state index in [2.05, 4.69) is 0 Å². The number of carbonyl (C=O) groups is 1. The van der Waals surface area contributed by atoms with Gasteiger partial charge in [-0.2, -0.15) is 0 Å². The molecular weight excluding hydrogens is 260 g/mol. The number of aliphatic carboxylic acids is 1. The lowest BCUT2D eigenvalue weighted by Crippen LogP contribution is -1.88. The number of carboxylic acid groups (broad SMARTS) is 1. The number of hydrogen-bond donors (Lipinski definition) is 1. The maximum Gasteiger partial charge on any atom is 0.327 e. The minimum absolute atomic E-state index is 0.606. The second-order valence-corrected chi connectivity index (χ2v) is 4.53. The number of halogens is 1. The highest BCUT2D eigenvalue weighted by molar-refractivity contribution is 6.33. The summed E-state index contributed by atoms with van der Waals surface area (Å²) < 4.78 is 0. The Kier molecular flexibility index (Phi) is 4.37. The monoisotopic (exact) mass is 272 g/mol. The molecule has 0 aliphatic heterocycles. The first-order chi connectivity index (χ1) is 9.16. The molecule has 2 aromatic rings. The minimum Gasteiger partial charge on any atom is -0.478 e. The van der Waals surface area contributed by atoms with Crippen LogP contribution >= 0.6 is 11.6 Å². The van der Waals surface area contributed by atoms with Crippen LogP contribution in [0.25, 0.3) is 11.1 Å². The lowest BCUT2D eigenvalue weighted by Gasteiger charge is -2.05. The third kappa shape index (κ3) is 3.70. The molecule has 1 N–H and O–H groups in total. The zero-order chi connectivity index (χ0) is 13.7. The van der Waals surface area contributed by atoms with Crippen molar-refractivity contribution in [2.45, 2.75) is 6.42 Å². The van der Waals surface area contributed by atoms with E-state index in [1.165, 1.54) is 0 Å². The number of hydrogen-bond acceptors (Lipinski definition) is 1. The maximum atomic E-state index is 10.4. The third-order valence-electron chi connectivity index (χ3n) is 2.75. The van der Waals surface area contributed by atoms with Gasteiger partial charge in [-0.3, -0.25) is 0 Å². The summed E-state index contributed by atoms with van der Waals surface area (Å²) >= 11 is 6.14. The summed E-state index contributed by atoms with van der Waals surface area (Å²) in [6.07, 6.45) is 3.39. The summed E-state index contributed by atoms with van der Waals surface area (Å²) in [4.78, 5) is 10.4. The Hall–Kier alpha value is -2.06. The van der Waals surface area contributed by atoms with Crippen LogP contribution in [-0.2, 0) is 11.2 Å². The van der Waals surface area contributed by atoms with Gasteiger partial charge in [0.1, 0.15) is 0 Å². The normalized spacial score (nSPS) is 10.8. The molecule has 3 heteroatoms. The average molecular weight is 273 g/mol. The molecule has 0 bridgehead atoms. The molecule has 0 amide bonds. The van der Waals surface area contributed by atoms with Crippen molar-refractivity contribution in [3.05, 3.63) is 71.3 Å². The molecule has 0 saturated carbocycles. The van der Waals surface area contributed by atoms with Crippen LogP contribution in [0.5, 0.6) is 0 Å². The van der Waals surface area contributed by atoms with E-state index in [4.69, 9.17) is 16.7 Å². The minimum atomic E-state index is -0.923. The van der Waals surface area contributed by atoms with Crippen LogP contribution in [0.1, 0.15) is 5.56 Å². The van der Waals surface area contributed by atoms with Gasteiger partial charge in [0.05, 0.1) is 0 Å². The van der Waals surface area contributed by atoms with Gasteiger partial charge in [-0.1, -0.05) is 60.1 Å². The molecule has 0 unspecified atom stereocenters. The van der Waals surface area contributed by atoms with Gasteiger partial charge in [0, 0.05) is 16.7 Å². The highest BCUT2D eigenvalue weighted by Crippen LogP contribution is 2.27. The van der Waals surface area contributed by atoms with Crippen molar-refractivity contribution in [2.24, 2.45) is 0 Å². The smallest absolute Gasteiger partial charge is 0.327 e.